The molecule has 1 fully saturated rings. The van der Waals surface area contributed by atoms with Crippen LogP contribution in [0.4, 0.5) is 0 Å². The molecule has 0 saturated carbocycles. The van der Waals surface area contributed by atoms with E-state index in [-0.39, 0.29) is 22.6 Å². The second kappa shape index (κ2) is 4.04. The molecule has 0 amide bonds. The van der Waals surface area contributed by atoms with Crippen molar-refractivity contribution in [3.8, 4) is 5.88 Å². The first-order valence-electron chi connectivity index (χ1n) is 4.30. The summed E-state index contributed by atoms with van der Waals surface area (Å²) in [5.41, 5.74) is 0.0391. The number of pyridine rings is 1. The van der Waals surface area contributed by atoms with Crippen molar-refractivity contribution in [2.24, 2.45) is 0 Å². The van der Waals surface area contributed by atoms with Gasteiger partial charge in [-0.1, -0.05) is 11.6 Å². The van der Waals surface area contributed by atoms with E-state index < -0.39 is 5.97 Å². The maximum absolute atomic E-state index is 10.6. The van der Waals surface area contributed by atoms with E-state index >= 15 is 0 Å². The summed E-state index contributed by atoms with van der Waals surface area (Å²) in [6.07, 6.45) is 1.17. The number of hydrogen-bond donors (Lipinski definition) is 1. The normalized spacial score (nSPS) is 15.8. The Balaban J connectivity index is 2.14. The Morgan fingerprint density at radius 3 is 2.87 bits per heavy atom. The van der Waals surface area contributed by atoms with Gasteiger partial charge in [-0.05, 0) is 6.07 Å². The maximum Gasteiger partial charge on any atom is 0.337 e. The van der Waals surface area contributed by atoms with Crippen LogP contribution in [0.15, 0.2) is 12.3 Å². The van der Waals surface area contributed by atoms with Gasteiger partial charge < -0.3 is 14.6 Å². The highest BCUT2D eigenvalue weighted by Gasteiger charge is 2.22. The monoisotopic (exact) mass is 229 g/mol. The van der Waals surface area contributed by atoms with Crippen LogP contribution < -0.4 is 4.74 Å². The minimum Gasteiger partial charge on any atom is -0.478 e. The largest absolute Gasteiger partial charge is 0.478 e. The first kappa shape index (κ1) is 10.2. The van der Waals surface area contributed by atoms with Gasteiger partial charge in [0.25, 0.3) is 0 Å². The van der Waals surface area contributed by atoms with Crippen LogP contribution in [0.2, 0.25) is 5.02 Å². The minimum atomic E-state index is -1.07. The van der Waals surface area contributed by atoms with Crippen LogP contribution in [-0.2, 0) is 4.74 Å². The number of carbonyl (C=O) groups is 1. The topological polar surface area (TPSA) is 68.7 Å². The lowest BCUT2D eigenvalue weighted by Crippen LogP contribution is -2.38. The fourth-order valence-corrected chi connectivity index (χ4v) is 1.28. The van der Waals surface area contributed by atoms with Crippen molar-refractivity contribution in [1.82, 2.24) is 4.98 Å². The zero-order chi connectivity index (χ0) is 10.8. The summed E-state index contributed by atoms with van der Waals surface area (Å²) < 4.78 is 10.3. The standard InChI is InChI=1S/C9H8ClNO4/c10-7-1-5(9(12)13)2-11-8(7)15-6-3-14-4-6/h1-2,6H,3-4H2,(H,12,13). The van der Waals surface area contributed by atoms with Crippen LogP contribution in [0, 0.1) is 0 Å². The number of nitrogens with zero attached hydrogens (tertiary/aromatic N) is 1. The predicted octanol–water partition coefficient (Wildman–Crippen LogP) is 1.21. The maximum atomic E-state index is 10.6. The zero-order valence-corrected chi connectivity index (χ0v) is 8.40. The number of carboxylic acid groups (broad SMARTS) is 1. The van der Waals surface area contributed by atoms with Crippen molar-refractivity contribution >= 4 is 17.6 Å². The van der Waals surface area contributed by atoms with Gasteiger partial charge in [0.15, 0.2) is 0 Å². The Labute approximate surface area is 90.6 Å². The molecule has 0 bridgehead atoms. The van der Waals surface area contributed by atoms with E-state index in [1.165, 1.54) is 12.3 Å². The lowest BCUT2D eigenvalue weighted by atomic mass is 10.3. The lowest BCUT2D eigenvalue weighted by Gasteiger charge is -2.26. The number of aromatic nitrogens is 1. The van der Waals surface area contributed by atoms with Gasteiger partial charge in [-0.25, -0.2) is 9.78 Å². The third-order valence-electron chi connectivity index (χ3n) is 1.94. The van der Waals surface area contributed by atoms with E-state index in [2.05, 4.69) is 4.98 Å². The van der Waals surface area contributed by atoms with Crippen LogP contribution in [0.5, 0.6) is 5.88 Å². The van der Waals surface area contributed by atoms with Crippen LogP contribution in [0.25, 0.3) is 0 Å². The molecule has 1 N–H and O–H groups in total. The second-order valence-corrected chi connectivity index (χ2v) is 3.50. The molecule has 0 unspecified atom stereocenters. The summed E-state index contributed by atoms with van der Waals surface area (Å²) in [5, 5.41) is 8.88. The molecule has 0 aromatic carbocycles. The molecule has 0 atom stereocenters. The van der Waals surface area contributed by atoms with Crippen molar-refractivity contribution in [2.45, 2.75) is 6.10 Å². The molecule has 1 aliphatic heterocycles. The number of halogens is 1. The Morgan fingerprint density at radius 2 is 2.40 bits per heavy atom. The van der Waals surface area contributed by atoms with Crippen molar-refractivity contribution < 1.29 is 19.4 Å². The smallest absolute Gasteiger partial charge is 0.337 e. The van der Waals surface area contributed by atoms with Gasteiger partial charge in [0.1, 0.15) is 11.1 Å². The van der Waals surface area contributed by atoms with Crippen molar-refractivity contribution in [2.75, 3.05) is 13.2 Å². The van der Waals surface area contributed by atoms with Crippen molar-refractivity contribution in [1.29, 1.82) is 0 Å². The van der Waals surface area contributed by atoms with Gasteiger partial charge in [0.05, 0.1) is 18.8 Å². The van der Waals surface area contributed by atoms with Crippen LogP contribution in [0.3, 0.4) is 0 Å². The lowest BCUT2D eigenvalue weighted by molar-refractivity contribution is -0.0813. The fraction of sp³-hybridized carbons (Fsp3) is 0.333. The summed E-state index contributed by atoms with van der Waals surface area (Å²) >= 11 is 5.81. The highest BCUT2D eigenvalue weighted by atomic mass is 35.5. The predicted molar refractivity (Wildman–Crippen MR) is 51.4 cm³/mol. The Kier molecular flexibility index (Phi) is 2.75. The summed E-state index contributed by atoms with van der Waals surface area (Å²) in [4.78, 5) is 14.4. The molecule has 0 radical (unpaired) electrons. The summed E-state index contributed by atoms with van der Waals surface area (Å²) in [7, 11) is 0. The number of carboxylic acids is 1. The molecule has 2 rings (SSSR count). The quantitative estimate of drug-likeness (QED) is 0.844. The Bertz CT molecular complexity index is 392. The van der Waals surface area contributed by atoms with Gasteiger partial charge in [0.2, 0.25) is 5.88 Å². The van der Waals surface area contributed by atoms with Gasteiger partial charge in [0, 0.05) is 6.20 Å². The Morgan fingerprint density at radius 1 is 1.67 bits per heavy atom. The number of aromatic carboxylic acids is 1. The summed E-state index contributed by atoms with van der Waals surface area (Å²) in [6.45, 7) is 1.03. The van der Waals surface area contributed by atoms with E-state index in [0.717, 1.165) is 0 Å². The van der Waals surface area contributed by atoms with Gasteiger partial charge in [-0.3, -0.25) is 0 Å². The third kappa shape index (κ3) is 2.19. The number of rotatable bonds is 3. The van der Waals surface area contributed by atoms with Crippen LogP contribution in [0.1, 0.15) is 10.4 Å². The van der Waals surface area contributed by atoms with Gasteiger partial charge in [-0.2, -0.15) is 0 Å². The highest BCUT2D eigenvalue weighted by molar-refractivity contribution is 6.32. The van der Waals surface area contributed by atoms with E-state index in [9.17, 15) is 4.79 Å². The summed E-state index contributed by atoms with van der Waals surface area (Å²) in [6, 6.07) is 1.31. The first-order chi connectivity index (χ1) is 7.16. The molecule has 2 heterocycles. The van der Waals surface area contributed by atoms with Crippen molar-refractivity contribution in [3.63, 3.8) is 0 Å². The van der Waals surface area contributed by atoms with Gasteiger partial charge in [-0.15, -0.1) is 0 Å². The molecule has 80 valence electrons. The van der Waals surface area contributed by atoms with E-state index in [1.54, 1.807) is 0 Å². The van der Waals surface area contributed by atoms with E-state index in [4.69, 9.17) is 26.2 Å². The summed E-state index contributed by atoms with van der Waals surface area (Å²) in [5.74, 6) is -0.821. The highest BCUT2D eigenvalue weighted by Crippen LogP contribution is 2.24. The Hall–Kier alpha value is -1.33. The molecule has 1 saturated heterocycles. The van der Waals surface area contributed by atoms with Crippen molar-refractivity contribution in [3.05, 3.63) is 22.8 Å². The van der Waals surface area contributed by atoms with E-state index in [0.29, 0.717) is 13.2 Å². The molecule has 6 heteroatoms. The number of ether oxygens (including phenoxy) is 2. The van der Waals surface area contributed by atoms with E-state index in [1.807, 2.05) is 0 Å². The average Bonchev–Trinajstić information content (AvgIpc) is 2.12. The molecule has 1 aromatic heterocycles. The third-order valence-corrected chi connectivity index (χ3v) is 2.21. The zero-order valence-electron chi connectivity index (χ0n) is 7.64. The van der Waals surface area contributed by atoms with Crippen LogP contribution >= 0.6 is 11.6 Å². The van der Waals surface area contributed by atoms with Gasteiger partial charge >= 0.3 is 5.97 Å². The fourth-order valence-electron chi connectivity index (χ4n) is 1.07. The molecule has 5 nitrogen and oxygen atoms in total. The number of hydrogen-bond acceptors (Lipinski definition) is 4. The van der Waals surface area contributed by atoms with Crippen LogP contribution in [-0.4, -0.2) is 35.4 Å². The molecular formula is C9H8ClNO4. The molecule has 0 spiro atoms. The second-order valence-electron chi connectivity index (χ2n) is 3.09. The molecular weight excluding hydrogens is 222 g/mol. The molecule has 0 aliphatic carbocycles. The SMILES string of the molecule is O=C(O)c1cnc(OC2COC2)c(Cl)c1. The molecule has 1 aliphatic rings. The minimum absolute atomic E-state index is 0.0364. The molecule has 15 heavy (non-hydrogen) atoms. The average molecular weight is 230 g/mol. The molecule has 1 aromatic rings. The first-order valence-corrected chi connectivity index (χ1v) is 4.68.